The Morgan fingerprint density at radius 1 is 1.45 bits per heavy atom. The molecule has 3 N–H and O–H groups in total. The lowest BCUT2D eigenvalue weighted by Gasteiger charge is -2.07. The maximum Gasteiger partial charge on any atom is 0.188 e. The molecule has 2 rings (SSSR count). The van der Waals surface area contributed by atoms with E-state index in [0.29, 0.717) is 5.96 Å². The number of nitrogens with two attached hydrogens (primary N) is 1. The average Bonchev–Trinajstić information content (AvgIpc) is 2.86. The van der Waals surface area contributed by atoms with E-state index in [1.807, 2.05) is 0 Å². The minimum Gasteiger partial charge on any atom is -0.493 e. The number of fused-ring (bicyclic) bond motifs is 1. The fourth-order valence-electron chi connectivity index (χ4n) is 2.14. The lowest BCUT2D eigenvalue weighted by Crippen LogP contribution is -2.33. The van der Waals surface area contributed by atoms with Gasteiger partial charge in [0.25, 0.3) is 0 Å². The zero-order valence-corrected chi connectivity index (χ0v) is 14.4. The Kier molecular flexibility index (Phi) is 7.72. The highest BCUT2D eigenvalue weighted by Gasteiger charge is 2.11. The first-order valence-corrected chi connectivity index (χ1v) is 7.08. The summed E-state index contributed by atoms with van der Waals surface area (Å²) in [6.07, 6.45) is 4.22. The Hall–Kier alpha value is -0.980. The largest absolute Gasteiger partial charge is 0.493 e. The van der Waals surface area contributed by atoms with E-state index in [1.54, 1.807) is 0 Å². The fraction of sp³-hybridized carbons (Fsp3) is 0.533. The van der Waals surface area contributed by atoms with Crippen LogP contribution in [0.1, 0.15) is 30.9 Å². The van der Waals surface area contributed by atoms with Gasteiger partial charge in [-0.2, -0.15) is 0 Å². The second-order valence-corrected chi connectivity index (χ2v) is 4.84. The molecule has 0 radical (unpaired) electrons. The average molecular weight is 389 g/mol. The molecule has 0 bridgehead atoms. The van der Waals surface area contributed by atoms with Crippen molar-refractivity contribution in [3.05, 3.63) is 29.3 Å². The molecular weight excluding hydrogens is 365 g/mol. The van der Waals surface area contributed by atoms with Gasteiger partial charge in [0.2, 0.25) is 0 Å². The molecule has 112 valence electrons. The van der Waals surface area contributed by atoms with Gasteiger partial charge in [0.15, 0.2) is 5.96 Å². The predicted octanol–water partition coefficient (Wildman–Crippen LogP) is 2.49. The lowest BCUT2D eigenvalue weighted by atomic mass is 10.1. The third-order valence-corrected chi connectivity index (χ3v) is 3.27. The third kappa shape index (κ3) is 5.19. The smallest absolute Gasteiger partial charge is 0.188 e. The van der Waals surface area contributed by atoms with E-state index in [2.05, 4.69) is 35.4 Å². The maximum atomic E-state index is 5.79. The molecule has 5 heteroatoms. The molecule has 4 nitrogen and oxygen atoms in total. The molecule has 0 amide bonds. The Morgan fingerprint density at radius 2 is 2.30 bits per heavy atom. The van der Waals surface area contributed by atoms with Gasteiger partial charge in [0, 0.05) is 19.5 Å². The summed E-state index contributed by atoms with van der Waals surface area (Å²) in [6, 6.07) is 6.42. The Bertz CT molecular complexity index is 449. The van der Waals surface area contributed by atoms with Gasteiger partial charge >= 0.3 is 0 Å². The first-order chi connectivity index (χ1) is 9.29. The number of ether oxygens (including phenoxy) is 1. The predicted molar refractivity (Wildman–Crippen MR) is 94.2 cm³/mol. The summed E-state index contributed by atoms with van der Waals surface area (Å²) < 4.78 is 5.50. The number of aliphatic imine (C=N–C) groups is 1. The molecular formula is C15H24IN3O. The zero-order valence-electron chi connectivity index (χ0n) is 12.0. The Morgan fingerprint density at radius 3 is 3.10 bits per heavy atom. The molecule has 0 unspecified atom stereocenters. The van der Waals surface area contributed by atoms with E-state index in [0.717, 1.165) is 51.1 Å². The molecule has 1 aliphatic heterocycles. The van der Waals surface area contributed by atoms with E-state index >= 15 is 0 Å². The van der Waals surface area contributed by atoms with Gasteiger partial charge < -0.3 is 15.8 Å². The van der Waals surface area contributed by atoms with Crippen LogP contribution in [0, 0.1) is 0 Å². The van der Waals surface area contributed by atoms with Crippen LogP contribution in [-0.2, 0) is 12.8 Å². The van der Waals surface area contributed by atoms with Crippen LogP contribution < -0.4 is 15.8 Å². The molecule has 20 heavy (non-hydrogen) atoms. The molecule has 0 aromatic heterocycles. The van der Waals surface area contributed by atoms with Crippen LogP contribution in [-0.4, -0.2) is 25.7 Å². The molecule has 0 saturated carbocycles. The molecule has 1 aliphatic rings. The SMILES string of the molecule is CCCCN=C(N)NCCc1ccc2c(c1)CCO2.I. The van der Waals surface area contributed by atoms with Crippen LogP contribution in [0.15, 0.2) is 23.2 Å². The number of hydrogen-bond acceptors (Lipinski definition) is 2. The van der Waals surface area contributed by atoms with Crippen molar-refractivity contribution in [1.29, 1.82) is 0 Å². The second kappa shape index (κ2) is 9.05. The monoisotopic (exact) mass is 389 g/mol. The molecule has 1 aromatic rings. The topological polar surface area (TPSA) is 59.6 Å². The summed E-state index contributed by atoms with van der Waals surface area (Å²) in [5.41, 5.74) is 8.43. The highest BCUT2D eigenvalue weighted by molar-refractivity contribution is 14.0. The quantitative estimate of drug-likeness (QED) is 0.340. The number of nitrogens with one attached hydrogen (secondary N) is 1. The van der Waals surface area contributed by atoms with E-state index in [4.69, 9.17) is 10.5 Å². The lowest BCUT2D eigenvalue weighted by molar-refractivity contribution is 0.357. The minimum atomic E-state index is 0. The summed E-state index contributed by atoms with van der Waals surface area (Å²) in [6.45, 7) is 4.59. The van der Waals surface area contributed by atoms with Crippen LogP contribution in [0.4, 0.5) is 0 Å². The van der Waals surface area contributed by atoms with Crippen molar-refractivity contribution in [2.75, 3.05) is 19.7 Å². The van der Waals surface area contributed by atoms with Crippen molar-refractivity contribution in [1.82, 2.24) is 5.32 Å². The van der Waals surface area contributed by atoms with Gasteiger partial charge in [-0.1, -0.05) is 25.5 Å². The van der Waals surface area contributed by atoms with Gasteiger partial charge in [0.05, 0.1) is 6.61 Å². The summed E-state index contributed by atoms with van der Waals surface area (Å²) in [4.78, 5) is 4.27. The number of hydrogen-bond donors (Lipinski definition) is 2. The molecule has 0 atom stereocenters. The number of halogens is 1. The van der Waals surface area contributed by atoms with Crippen molar-refractivity contribution in [2.24, 2.45) is 10.7 Å². The van der Waals surface area contributed by atoms with Gasteiger partial charge in [-0.05, 0) is 30.0 Å². The van der Waals surface area contributed by atoms with Crippen LogP contribution >= 0.6 is 24.0 Å². The highest BCUT2D eigenvalue weighted by Crippen LogP contribution is 2.25. The van der Waals surface area contributed by atoms with Crippen LogP contribution in [0.2, 0.25) is 0 Å². The minimum absolute atomic E-state index is 0. The van der Waals surface area contributed by atoms with E-state index in [9.17, 15) is 0 Å². The van der Waals surface area contributed by atoms with Gasteiger partial charge in [-0.25, -0.2) is 0 Å². The van der Waals surface area contributed by atoms with E-state index in [-0.39, 0.29) is 24.0 Å². The molecule has 0 spiro atoms. The maximum absolute atomic E-state index is 5.79. The molecule has 0 saturated heterocycles. The standard InChI is InChI=1S/C15H23N3O.HI/c1-2-3-8-17-15(16)18-9-6-12-4-5-14-13(11-12)7-10-19-14;/h4-5,11H,2-3,6-10H2,1H3,(H3,16,17,18);1H. The summed E-state index contributed by atoms with van der Waals surface area (Å²) in [5, 5.41) is 3.15. The molecule has 1 aromatic carbocycles. The van der Waals surface area contributed by atoms with E-state index in [1.165, 1.54) is 11.1 Å². The van der Waals surface area contributed by atoms with E-state index < -0.39 is 0 Å². The second-order valence-electron chi connectivity index (χ2n) is 4.84. The zero-order chi connectivity index (χ0) is 13.5. The van der Waals surface area contributed by atoms with Gasteiger partial charge in [-0.3, -0.25) is 4.99 Å². The molecule has 1 heterocycles. The molecule has 0 fully saturated rings. The van der Waals surface area contributed by atoms with Gasteiger partial charge in [0.1, 0.15) is 5.75 Å². The fourth-order valence-corrected chi connectivity index (χ4v) is 2.14. The third-order valence-electron chi connectivity index (χ3n) is 3.27. The summed E-state index contributed by atoms with van der Waals surface area (Å²) in [5.74, 6) is 1.59. The summed E-state index contributed by atoms with van der Waals surface area (Å²) >= 11 is 0. The first-order valence-electron chi connectivity index (χ1n) is 7.08. The summed E-state index contributed by atoms with van der Waals surface area (Å²) in [7, 11) is 0. The number of benzene rings is 1. The van der Waals surface area contributed by atoms with Crippen molar-refractivity contribution < 1.29 is 4.74 Å². The van der Waals surface area contributed by atoms with Crippen LogP contribution in [0.25, 0.3) is 0 Å². The van der Waals surface area contributed by atoms with Crippen LogP contribution in [0.5, 0.6) is 5.75 Å². The number of nitrogens with zero attached hydrogens (tertiary/aromatic N) is 1. The number of unbranched alkanes of at least 4 members (excludes halogenated alkanes) is 1. The first kappa shape index (κ1) is 17.1. The Balaban J connectivity index is 0.00000200. The van der Waals surface area contributed by atoms with Crippen molar-refractivity contribution in [3.63, 3.8) is 0 Å². The normalized spacial score (nSPS) is 13.3. The van der Waals surface area contributed by atoms with Gasteiger partial charge in [-0.15, -0.1) is 24.0 Å². The van der Waals surface area contributed by atoms with Crippen molar-refractivity contribution in [2.45, 2.75) is 32.6 Å². The molecule has 0 aliphatic carbocycles. The number of rotatable bonds is 6. The van der Waals surface area contributed by atoms with Crippen LogP contribution in [0.3, 0.4) is 0 Å². The van der Waals surface area contributed by atoms with Crippen molar-refractivity contribution >= 4 is 29.9 Å². The highest BCUT2D eigenvalue weighted by atomic mass is 127. The number of guanidine groups is 1. The van der Waals surface area contributed by atoms with Crippen molar-refractivity contribution in [3.8, 4) is 5.75 Å². The Labute approximate surface area is 138 Å².